The summed E-state index contributed by atoms with van der Waals surface area (Å²) in [6.45, 7) is 1.97. The maximum atomic E-state index is 11.5. The first-order valence-electron chi connectivity index (χ1n) is 6.35. The highest BCUT2D eigenvalue weighted by Gasteiger charge is 2.29. The van der Waals surface area contributed by atoms with E-state index in [0.29, 0.717) is 11.6 Å². The molecule has 0 spiro atoms. The molecule has 98 valence electrons. The Bertz CT molecular complexity index is 656. The summed E-state index contributed by atoms with van der Waals surface area (Å²) in [5, 5.41) is 0. The van der Waals surface area contributed by atoms with Crippen LogP contribution in [0.3, 0.4) is 0 Å². The van der Waals surface area contributed by atoms with Crippen LogP contribution in [0.25, 0.3) is 11.3 Å². The van der Waals surface area contributed by atoms with Crippen molar-refractivity contribution < 1.29 is 4.79 Å². The van der Waals surface area contributed by atoms with Gasteiger partial charge in [-0.05, 0) is 43.5 Å². The number of nitrogens with zero attached hydrogens (tertiary/aromatic N) is 1. The van der Waals surface area contributed by atoms with Crippen molar-refractivity contribution in [1.29, 1.82) is 0 Å². The first-order chi connectivity index (χ1) is 9.08. The van der Waals surface area contributed by atoms with Crippen LogP contribution in [0, 0.1) is 6.92 Å². The number of hydrogen-bond donors (Lipinski definition) is 1. The summed E-state index contributed by atoms with van der Waals surface area (Å²) in [7, 11) is 0. The van der Waals surface area contributed by atoms with Crippen LogP contribution in [0.5, 0.6) is 0 Å². The lowest BCUT2D eigenvalue weighted by molar-refractivity contribution is 0.0999. The number of carbonyl (C=O) groups is 1. The van der Waals surface area contributed by atoms with Gasteiger partial charge in [-0.1, -0.05) is 28.1 Å². The minimum atomic E-state index is -0.354. The molecule has 1 aliphatic rings. The van der Waals surface area contributed by atoms with Crippen LogP contribution in [-0.4, -0.2) is 10.5 Å². The van der Waals surface area contributed by atoms with Crippen molar-refractivity contribution in [3.05, 3.63) is 46.1 Å². The van der Waals surface area contributed by atoms with E-state index in [9.17, 15) is 4.79 Å². The zero-order chi connectivity index (χ0) is 13.6. The van der Waals surface area contributed by atoms with Gasteiger partial charge in [0.05, 0.1) is 5.56 Å². The molecule has 3 nitrogen and oxygen atoms in total. The van der Waals surface area contributed by atoms with Crippen LogP contribution in [-0.2, 0) is 0 Å². The van der Waals surface area contributed by atoms with E-state index in [1.807, 2.05) is 25.1 Å². The van der Waals surface area contributed by atoms with Gasteiger partial charge in [-0.15, -0.1) is 0 Å². The molecule has 0 radical (unpaired) electrons. The number of benzene rings is 1. The van der Waals surface area contributed by atoms with Crippen LogP contribution in [0.4, 0.5) is 0 Å². The average Bonchev–Trinajstić information content (AvgIpc) is 3.12. The molecule has 0 unspecified atom stereocenters. The van der Waals surface area contributed by atoms with Gasteiger partial charge in [0, 0.05) is 21.9 Å². The lowest BCUT2D eigenvalue weighted by atomic mass is 10.1. The van der Waals surface area contributed by atoms with E-state index < -0.39 is 0 Å². The smallest absolute Gasteiger partial charge is 0.250 e. The van der Waals surface area contributed by atoms with Gasteiger partial charge in [0.2, 0.25) is 0 Å². The van der Waals surface area contributed by atoms with Gasteiger partial charge >= 0.3 is 0 Å². The van der Waals surface area contributed by atoms with Gasteiger partial charge in [0.15, 0.2) is 0 Å². The summed E-state index contributed by atoms with van der Waals surface area (Å²) in [5.41, 5.74) is 9.25. The molecule has 0 saturated heterocycles. The summed E-state index contributed by atoms with van der Waals surface area (Å²) >= 11 is 3.49. The Labute approximate surface area is 120 Å². The molecule has 3 rings (SSSR count). The molecule has 4 heteroatoms. The van der Waals surface area contributed by atoms with Crippen molar-refractivity contribution in [2.45, 2.75) is 25.8 Å². The molecule has 1 fully saturated rings. The molecule has 0 bridgehead atoms. The van der Waals surface area contributed by atoms with E-state index in [-0.39, 0.29) is 5.91 Å². The molecule has 2 N–H and O–H groups in total. The second kappa shape index (κ2) is 4.53. The lowest BCUT2D eigenvalue weighted by Crippen LogP contribution is -2.12. The Morgan fingerprint density at radius 1 is 1.37 bits per heavy atom. The molecule has 2 aromatic rings. The largest absolute Gasteiger partial charge is 0.366 e. The first kappa shape index (κ1) is 12.5. The van der Waals surface area contributed by atoms with Crippen molar-refractivity contribution >= 4 is 21.8 Å². The van der Waals surface area contributed by atoms with Gasteiger partial charge in [-0.25, -0.2) is 0 Å². The van der Waals surface area contributed by atoms with Crippen molar-refractivity contribution in [3.8, 4) is 11.3 Å². The van der Waals surface area contributed by atoms with Gasteiger partial charge in [-0.2, -0.15) is 0 Å². The van der Waals surface area contributed by atoms with Gasteiger partial charge in [-0.3, -0.25) is 4.79 Å². The fraction of sp³-hybridized carbons (Fsp3) is 0.267. The molecule has 1 amide bonds. The molecule has 1 heterocycles. The van der Waals surface area contributed by atoms with Crippen molar-refractivity contribution in [1.82, 2.24) is 4.57 Å². The summed E-state index contributed by atoms with van der Waals surface area (Å²) in [6.07, 6.45) is 2.35. The number of halogens is 1. The maximum Gasteiger partial charge on any atom is 0.250 e. The van der Waals surface area contributed by atoms with Crippen molar-refractivity contribution in [3.63, 3.8) is 0 Å². The molecular formula is C15H15BrN2O. The zero-order valence-electron chi connectivity index (χ0n) is 10.7. The third kappa shape index (κ3) is 2.21. The standard InChI is InChI=1S/C15H15BrN2O/c1-9-13(15(17)19)8-14(18(9)12-5-6-12)10-3-2-4-11(16)7-10/h2-4,7-8,12H,5-6H2,1H3,(H2,17,19). The molecule has 1 aromatic carbocycles. The molecule has 0 aliphatic heterocycles. The minimum Gasteiger partial charge on any atom is -0.366 e. The molecular weight excluding hydrogens is 304 g/mol. The van der Waals surface area contributed by atoms with Gasteiger partial charge in [0.25, 0.3) is 5.91 Å². The van der Waals surface area contributed by atoms with E-state index in [2.05, 4.69) is 32.6 Å². The Hall–Kier alpha value is -1.55. The fourth-order valence-corrected chi connectivity index (χ4v) is 2.94. The monoisotopic (exact) mass is 318 g/mol. The lowest BCUT2D eigenvalue weighted by Gasteiger charge is -2.10. The molecule has 1 saturated carbocycles. The highest BCUT2D eigenvalue weighted by atomic mass is 79.9. The minimum absolute atomic E-state index is 0.354. The first-order valence-corrected chi connectivity index (χ1v) is 7.15. The van der Waals surface area contributed by atoms with Crippen LogP contribution >= 0.6 is 15.9 Å². The summed E-state index contributed by atoms with van der Waals surface area (Å²) in [4.78, 5) is 11.5. The topological polar surface area (TPSA) is 48.0 Å². The van der Waals surface area contributed by atoms with E-state index in [4.69, 9.17) is 5.73 Å². The number of carbonyl (C=O) groups excluding carboxylic acids is 1. The number of primary amides is 1. The van der Waals surface area contributed by atoms with Crippen LogP contribution < -0.4 is 5.73 Å². The Balaban J connectivity index is 2.19. The predicted octanol–water partition coefficient (Wildman–Crippen LogP) is 3.66. The van der Waals surface area contributed by atoms with E-state index in [1.165, 1.54) is 12.8 Å². The maximum absolute atomic E-state index is 11.5. The third-order valence-electron chi connectivity index (χ3n) is 3.59. The summed E-state index contributed by atoms with van der Waals surface area (Å²) in [5.74, 6) is -0.354. The molecule has 1 aromatic heterocycles. The number of nitrogens with two attached hydrogens (primary N) is 1. The average molecular weight is 319 g/mol. The second-order valence-corrected chi connectivity index (χ2v) is 5.92. The summed E-state index contributed by atoms with van der Waals surface area (Å²) < 4.78 is 3.29. The Morgan fingerprint density at radius 2 is 2.11 bits per heavy atom. The zero-order valence-corrected chi connectivity index (χ0v) is 12.3. The van der Waals surface area contributed by atoms with E-state index >= 15 is 0 Å². The number of hydrogen-bond acceptors (Lipinski definition) is 1. The van der Waals surface area contributed by atoms with Crippen molar-refractivity contribution in [2.24, 2.45) is 5.73 Å². The summed E-state index contributed by atoms with van der Waals surface area (Å²) in [6, 6.07) is 10.6. The predicted molar refractivity (Wildman–Crippen MR) is 79.1 cm³/mol. The highest BCUT2D eigenvalue weighted by molar-refractivity contribution is 9.10. The Morgan fingerprint density at radius 3 is 2.68 bits per heavy atom. The van der Waals surface area contributed by atoms with Crippen LogP contribution in [0.1, 0.15) is 34.9 Å². The van der Waals surface area contributed by atoms with Crippen LogP contribution in [0.2, 0.25) is 0 Å². The van der Waals surface area contributed by atoms with Crippen molar-refractivity contribution in [2.75, 3.05) is 0 Å². The Kier molecular flexibility index (Phi) is 2.97. The molecule has 19 heavy (non-hydrogen) atoms. The van der Waals surface area contributed by atoms with E-state index in [1.54, 1.807) is 0 Å². The van der Waals surface area contributed by atoms with E-state index in [0.717, 1.165) is 21.4 Å². The number of aromatic nitrogens is 1. The normalized spacial score (nSPS) is 14.6. The molecule has 1 aliphatic carbocycles. The third-order valence-corrected chi connectivity index (χ3v) is 4.08. The molecule has 0 atom stereocenters. The highest BCUT2D eigenvalue weighted by Crippen LogP contribution is 2.41. The van der Waals surface area contributed by atoms with Gasteiger partial charge in [0.1, 0.15) is 0 Å². The second-order valence-electron chi connectivity index (χ2n) is 5.00. The fourth-order valence-electron chi connectivity index (χ4n) is 2.54. The quantitative estimate of drug-likeness (QED) is 0.922. The number of amides is 1. The van der Waals surface area contributed by atoms with Crippen LogP contribution in [0.15, 0.2) is 34.8 Å². The van der Waals surface area contributed by atoms with Gasteiger partial charge < -0.3 is 10.3 Å². The number of rotatable bonds is 3. The SMILES string of the molecule is Cc1c(C(N)=O)cc(-c2cccc(Br)c2)n1C1CC1.